The average Bonchev–Trinajstić information content (AvgIpc) is 2.66. The Morgan fingerprint density at radius 3 is 2.67 bits per heavy atom. The third-order valence-electron chi connectivity index (χ3n) is 4.86. The predicted octanol–water partition coefficient (Wildman–Crippen LogP) is 4.15. The van der Waals surface area contributed by atoms with Crippen molar-refractivity contribution in [1.29, 1.82) is 0 Å². The van der Waals surface area contributed by atoms with Crippen LogP contribution in [0.1, 0.15) is 43.9 Å². The standard InChI is InChI=1S/C20H33N3O2S.HI/c1-6-26-20(9-11-25-12-10-20)14-22-19(21-4)23-16(3)17-13-15(2)7-8-18(17)24-5;/h7-8,13,16H,6,9-12,14H2,1-5H3,(H2,21,22,23);1H. The normalized spacial score (nSPS) is 17.6. The molecule has 1 aliphatic rings. The highest BCUT2D eigenvalue weighted by Crippen LogP contribution is 2.34. The summed E-state index contributed by atoms with van der Waals surface area (Å²) in [5.74, 6) is 2.84. The van der Waals surface area contributed by atoms with Crippen LogP contribution in [-0.2, 0) is 4.74 Å². The van der Waals surface area contributed by atoms with Crippen LogP contribution in [0, 0.1) is 6.92 Å². The van der Waals surface area contributed by atoms with Crippen molar-refractivity contribution < 1.29 is 9.47 Å². The molecule has 1 atom stereocenters. The van der Waals surface area contributed by atoms with Crippen LogP contribution < -0.4 is 15.4 Å². The number of aryl methyl sites for hydroxylation is 1. The minimum Gasteiger partial charge on any atom is -0.496 e. The molecule has 1 saturated heterocycles. The summed E-state index contributed by atoms with van der Waals surface area (Å²) in [6.07, 6.45) is 2.16. The second-order valence-corrected chi connectivity index (χ2v) is 8.50. The van der Waals surface area contributed by atoms with E-state index in [0.29, 0.717) is 0 Å². The highest BCUT2D eigenvalue weighted by molar-refractivity contribution is 14.0. The van der Waals surface area contributed by atoms with Gasteiger partial charge in [0.15, 0.2) is 5.96 Å². The minimum atomic E-state index is 0. The second kappa shape index (κ2) is 12.0. The van der Waals surface area contributed by atoms with Crippen molar-refractivity contribution in [1.82, 2.24) is 10.6 Å². The molecule has 0 amide bonds. The van der Waals surface area contributed by atoms with Gasteiger partial charge in [-0.2, -0.15) is 11.8 Å². The first-order valence-electron chi connectivity index (χ1n) is 9.37. The minimum absolute atomic E-state index is 0. The summed E-state index contributed by atoms with van der Waals surface area (Å²) in [5, 5.41) is 7.04. The van der Waals surface area contributed by atoms with E-state index in [0.717, 1.165) is 55.6 Å². The Bertz CT molecular complexity index is 601. The van der Waals surface area contributed by atoms with Gasteiger partial charge < -0.3 is 20.1 Å². The number of halogens is 1. The van der Waals surface area contributed by atoms with Crippen molar-refractivity contribution in [2.75, 3.05) is 39.7 Å². The summed E-state index contributed by atoms with van der Waals surface area (Å²) in [6.45, 7) is 9.04. The van der Waals surface area contributed by atoms with Gasteiger partial charge >= 0.3 is 0 Å². The molecule has 5 nitrogen and oxygen atoms in total. The second-order valence-electron chi connectivity index (χ2n) is 6.77. The number of rotatable bonds is 7. The predicted molar refractivity (Wildman–Crippen MR) is 127 cm³/mol. The highest BCUT2D eigenvalue weighted by Gasteiger charge is 2.32. The number of aliphatic imine (C=N–C) groups is 1. The van der Waals surface area contributed by atoms with Crippen LogP contribution in [0.2, 0.25) is 0 Å². The van der Waals surface area contributed by atoms with Crippen LogP contribution in [0.15, 0.2) is 23.2 Å². The smallest absolute Gasteiger partial charge is 0.191 e. The van der Waals surface area contributed by atoms with Gasteiger partial charge in [0.1, 0.15) is 5.75 Å². The van der Waals surface area contributed by atoms with Gasteiger partial charge in [-0.05, 0) is 38.5 Å². The molecule has 2 N–H and O–H groups in total. The Labute approximate surface area is 185 Å². The van der Waals surface area contributed by atoms with Gasteiger partial charge in [0.2, 0.25) is 0 Å². The van der Waals surface area contributed by atoms with E-state index in [2.05, 4.69) is 48.5 Å². The summed E-state index contributed by atoms with van der Waals surface area (Å²) >= 11 is 2.03. The summed E-state index contributed by atoms with van der Waals surface area (Å²) in [6, 6.07) is 6.35. The third kappa shape index (κ3) is 7.02. The van der Waals surface area contributed by atoms with E-state index in [1.807, 2.05) is 24.9 Å². The number of ether oxygens (including phenoxy) is 2. The molecule has 154 valence electrons. The van der Waals surface area contributed by atoms with Crippen molar-refractivity contribution in [3.05, 3.63) is 29.3 Å². The molecule has 0 spiro atoms. The Morgan fingerprint density at radius 2 is 2.07 bits per heavy atom. The van der Waals surface area contributed by atoms with Gasteiger partial charge in [0.25, 0.3) is 0 Å². The lowest BCUT2D eigenvalue weighted by Crippen LogP contribution is -2.48. The number of hydrogen-bond acceptors (Lipinski definition) is 4. The van der Waals surface area contributed by atoms with Crippen LogP contribution in [-0.4, -0.2) is 50.4 Å². The lowest BCUT2D eigenvalue weighted by atomic mass is 9.99. The maximum atomic E-state index is 5.56. The fourth-order valence-electron chi connectivity index (χ4n) is 3.34. The zero-order valence-corrected chi connectivity index (χ0v) is 20.3. The van der Waals surface area contributed by atoms with Gasteiger partial charge in [0, 0.05) is 37.1 Å². The molecule has 0 aromatic heterocycles. The van der Waals surface area contributed by atoms with E-state index < -0.39 is 0 Å². The lowest BCUT2D eigenvalue weighted by Gasteiger charge is -2.37. The van der Waals surface area contributed by atoms with Gasteiger partial charge in [-0.25, -0.2) is 0 Å². The Hall–Kier alpha value is -0.670. The SMILES string of the molecule is CCSC1(CNC(=NC)NC(C)c2cc(C)ccc2OC)CCOCC1.I. The molecule has 2 rings (SSSR count). The zero-order chi connectivity index (χ0) is 19.0. The molecule has 0 saturated carbocycles. The number of guanidine groups is 1. The lowest BCUT2D eigenvalue weighted by molar-refractivity contribution is 0.0782. The third-order valence-corrected chi connectivity index (χ3v) is 6.31. The van der Waals surface area contributed by atoms with Crippen LogP contribution in [0.25, 0.3) is 0 Å². The van der Waals surface area contributed by atoms with Crippen molar-refractivity contribution in [3.63, 3.8) is 0 Å². The number of nitrogens with one attached hydrogen (secondary N) is 2. The van der Waals surface area contributed by atoms with Gasteiger partial charge in [-0.15, -0.1) is 24.0 Å². The molecule has 27 heavy (non-hydrogen) atoms. The summed E-state index contributed by atoms with van der Waals surface area (Å²) < 4.78 is 11.3. The maximum Gasteiger partial charge on any atom is 0.191 e. The zero-order valence-electron chi connectivity index (χ0n) is 17.1. The van der Waals surface area contributed by atoms with Crippen LogP contribution in [0.5, 0.6) is 5.75 Å². The average molecular weight is 507 g/mol. The Balaban J connectivity index is 0.00000364. The number of thioether (sulfide) groups is 1. The summed E-state index contributed by atoms with van der Waals surface area (Å²) in [5.41, 5.74) is 2.36. The first-order valence-corrected chi connectivity index (χ1v) is 10.4. The molecule has 1 aromatic carbocycles. The number of benzene rings is 1. The van der Waals surface area contributed by atoms with Crippen molar-refractivity contribution in [2.24, 2.45) is 4.99 Å². The van der Waals surface area contributed by atoms with Gasteiger partial charge in [-0.3, -0.25) is 4.99 Å². The molecule has 1 aromatic rings. The highest BCUT2D eigenvalue weighted by atomic mass is 127. The maximum absolute atomic E-state index is 5.56. The van der Waals surface area contributed by atoms with Crippen molar-refractivity contribution in [3.8, 4) is 5.75 Å². The van der Waals surface area contributed by atoms with Crippen molar-refractivity contribution >= 4 is 41.7 Å². The van der Waals surface area contributed by atoms with Crippen LogP contribution in [0.4, 0.5) is 0 Å². The van der Waals surface area contributed by atoms with E-state index in [1.165, 1.54) is 5.56 Å². The Kier molecular flexibility index (Phi) is 10.8. The summed E-state index contributed by atoms with van der Waals surface area (Å²) in [4.78, 5) is 4.42. The number of nitrogens with zero attached hydrogens (tertiary/aromatic N) is 1. The van der Waals surface area contributed by atoms with Crippen molar-refractivity contribution in [2.45, 2.75) is 44.4 Å². The largest absolute Gasteiger partial charge is 0.496 e. The first-order chi connectivity index (χ1) is 12.5. The molecule has 1 fully saturated rings. The van der Waals surface area contributed by atoms with Crippen LogP contribution >= 0.6 is 35.7 Å². The molecule has 1 aliphatic heterocycles. The molecule has 1 heterocycles. The number of hydrogen-bond donors (Lipinski definition) is 2. The molecule has 0 bridgehead atoms. The monoisotopic (exact) mass is 507 g/mol. The molecule has 0 radical (unpaired) electrons. The molecule has 0 aliphatic carbocycles. The van der Waals surface area contributed by atoms with E-state index >= 15 is 0 Å². The molecular weight excluding hydrogens is 473 g/mol. The molecular formula is C20H34IN3O2S. The Morgan fingerprint density at radius 1 is 1.37 bits per heavy atom. The van der Waals surface area contributed by atoms with E-state index in [9.17, 15) is 0 Å². The van der Waals surface area contributed by atoms with Crippen LogP contribution in [0.3, 0.4) is 0 Å². The topological polar surface area (TPSA) is 54.9 Å². The first kappa shape index (κ1) is 24.4. The fraction of sp³-hybridized carbons (Fsp3) is 0.650. The fourth-order valence-corrected chi connectivity index (χ4v) is 4.58. The quantitative estimate of drug-likeness (QED) is 0.330. The van der Waals surface area contributed by atoms with E-state index in [4.69, 9.17) is 9.47 Å². The summed E-state index contributed by atoms with van der Waals surface area (Å²) in [7, 11) is 3.53. The van der Waals surface area contributed by atoms with E-state index in [-0.39, 0.29) is 34.8 Å². The van der Waals surface area contributed by atoms with Gasteiger partial charge in [0.05, 0.1) is 13.2 Å². The molecule has 1 unspecified atom stereocenters. The molecule has 7 heteroatoms. The van der Waals surface area contributed by atoms with E-state index in [1.54, 1.807) is 7.11 Å². The van der Waals surface area contributed by atoms with Gasteiger partial charge in [-0.1, -0.05) is 24.6 Å². The number of methoxy groups -OCH3 is 1.